The van der Waals surface area contributed by atoms with E-state index in [2.05, 4.69) is 20.8 Å². The number of carbonyl (C=O) groups is 4. The van der Waals surface area contributed by atoms with E-state index in [-0.39, 0.29) is 12.8 Å². The van der Waals surface area contributed by atoms with Gasteiger partial charge in [-0.15, -0.1) is 0 Å². The van der Waals surface area contributed by atoms with Gasteiger partial charge in [-0.3, -0.25) is 14.4 Å². The average Bonchev–Trinajstić information content (AvgIpc) is 2.23. The summed E-state index contributed by atoms with van der Waals surface area (Å²) >= 11 is 0. The Morgan fingerprint density at radius 2 is 1.65 bits per heavy atom. The summed E-state index contributed by atoms with van der Waals surface area (Å²) in [6, 6.07) is 0. The molecule has 94 valence electrons. The number of carbonyl (C=O) groups excluding carboxylic acids is 4. The van der Waals surface area contributed by atoms with Gasteiger partial charge in [-0.25, -0.2) is 4.79 Å². The molecule has 0 fully saturated rings. The number of esters is 4. The molecule has 0 spiro atoms. The lowest BCUT2D eigenvalue weighted by molar-refractivity contribution is -0.166. The zero-order valence-corrected chi connectivity index (χ0v) is 9.26. The van der Waals surface area contributed by atoms with E-state index in [0.29, 0.717) is 0 Å². The van der Waals surface area contributed by atoms with Gasteiger partial charge in [0.25, 0.3) is 0 Å². The lowest BCUT2D eigenvalue weighted by Gasteiger charge is -2.03. The van der Waals surface area contributed by atoms with Gasteiger partial charge in [0.1, 0.15) is 0 Å². The Balaban J connectivity index is 3.73. The molecule has 0 amide bonds. The Morgan fingerprint density at radius 1 is 1.06 bits per heavy atom. The molecule has 0 aliphatic carbocycles. The lowest BCUT2D eigenvalue weighted by Crippen LogP contribution is -2.18. The van der Waals surface area contributed by atoms with Gasteiger partial charge < -0.3 is 14.2 Å². The van der Waals surface area contributed by atoms with Crippen LogP contribution in [-0.2, 0) is 33.4 Å². The fraction of sp³-hybridized carbons (Fsp3) is 0.400. The number of rotatable bonds is 6. The molecular formula is C10H12O7. The van der Waals surface area contributed by atoms with E-state index in [1.165, 1.54) is 0 Å². The first kappa shape index (κ1) is 14.8. The molecular weight excluding hydrogens is 232 g/mol. The normalized spacial score (nSPS) is 9.00. The summed E-state index contributed by atoms with van der Waals surface area (Å²) in [5, 5.41) is 0. The number of hydrogen-bond donors (Lipinski definition) is 0. The lowest BCUT2D eigenvalue weighted by atomic mass is 10.3. The first-order chi connectivity index (χ1) is 7.95. The third-order valence-corrected chi connectivity index (χ3v) is 1.36. The highest BCUT2D eigenvalue weighted by molar-refractivity contribution is 5.86. The minimum Gasteiger partial charge on any atom is -0.454 e. The van der Waals surface area contributed by atoms with Crippen molar-refractivity contribution in [3.05, 3.63) is 12.8 Å². The van der Waals surface area contributed by atoms with Crippen LogP contribution in [0.5, 0.6) is 0 Å². The summed E-state index contributed by atoms with van der Waals surface area (Å²) in [6.07, 6.45) is 0.518. The van der Waals surface area contributed by atoms with Crippen molar-refractivity contribution >= 4 is 23.9 Å². The van der Waals surface area contributed by atoms with Gasteiger partial charge >= 0.3 is 23.9 Å². The summed E-state index contributed by atoms with van der Waals surface area (Å²) in [7, 11) is 0. The van der Waals surface area contributed by atoms with Crippen LogP contribution in [0.3, 0.4) is 0 Å². The molecule has 0 heterocycles. The largest absolute Gasteiger partial charge is 0.454 e. The molecule has 0 aromatic rings. The van der Waals surface area contributed by atoms with E-state index >= 15 is 0 Å². The van der Waals surface area contributed by atoms with E-state index in [0.717, 1.165) is 13.2 Å². The van der Waals surface area contributed by atoms with Crippen LogP contribution in [0.4, 0.5) is 0 Å². The minimum absolute atomic E-state index is 0.188. The average molecular weight is 244 g/mol. The standard InChI is InChI=1S/C10H12O7/c1-3-15-8(12)4-5-9(13)16-6-10(14)17-7(2)11/h3H,1,4-6H2,2H3. The van der Waals surface area contributed by atoms with Crippen LogP contribution >= 0.6 is 0 Å². The van der Waals surface area contributed by atoms with Crippen LogP contribution in [-0.4, -0.2) is 30.5 Å². The molecule has 0 unspecified atom stereocenters. The molecule has 0 aromatic heterocycles. The molecule has 0 saturated carbocycles. The van der Waals surface area contributed by atoms with Crippen molar-refractivity contribution < 1.29 is 33.4 Å². The van der Waals surface area contributed by atoms with Gasteiger partial charge in [0.15, 0.2) is 6.61 Å². The quantitative estimate of drug-likeness (QED) is 0.282. The van der Waals surface area contributed by atoms with Crippen LogP contribution in [0, 0.1) is 0 Å². The van der Waals surface area contributed by atoms with Gasteiger partial charge in [0.2, 0.25) is 0 Å². The highest BCUT2D eigenvalue weighted by Crippen LogP contribution is 1.96. The van der Waals surface area contributed by atoms with E-state index in [9.17, 15) is 19.2 Å². The maximum atomic E-state index is 11.0. The van der Waals surface area contributed by atoms with Crippen molar-refractivity contribution in [2.45, 2.75) is 19.8 Å². The predicted octanol–water partition coefficient (Wildman–Crippen LogP) is 0.0862. The van der Waals surface area contributed by atoms with Gasteiger partial charge in [-0.2, -0.15) is 0 Å². The minimum atomic E-state index is -0.973. The van der Waals surface area contributed by atoms with Gasteiger partial charge in [-0.1, -0.05) is 6.58 Å². The molecule has 0 aliphatic rings. The second kappa shape index (κ2) is 8.03. The topological polar surface area (TPSA) is 96.0 Å². The number of hydrogen-bond acceptors (Lipinski definition) is 7. The number of ether oxygens (including phenoxy) is 3. The van der Waals surface area contributed by atoms with Crippen molar-refractivity contribution in [1.29, 1.82) is 0 Å². The molecule has 0 aliphatic heterocycles. The molecule has 17 heavy (non-hydrogen) atoms. The molecule has 0 radical (unpaired) electrons. The molecule has 0 aromatic carbocycles. The summed E-state index contributed by atoms with van der Waals surface area (Å²) in [5.41, 5.74) is 0. The fourth-order valence-electron chi connectivity index (χ4n) is 0.757. The van der Waals surface area contributed by atoms with Crippen LogP contribution in [0.25, 0.3) is 0 Å². The van der Waals surface area contributed by atoms with Crippen molar-refractivity contribution in [3.63, 3.8) is 0 Å². The van der Waals surface area contributed by atoms with Gasteiger partial charge in [0.05, 0.1) is 19.1 Å². The molecule has 0 rings (SSSR count). The molecule has 7 heteroatoms. The Labute approximate surface area is 97.3 Å². The summed E-state index contributed by atoms with van der Waals surface area (Å²) in [4.78, 5) is 42.9. The first-order valence-electron chi connectivity index (χ1n) is 4.63. The van der Waals surface area contributed by atoms with Crippen LogP contribution in [0.15, 0.2) is 12.8 Å². The monoisotopic (exact) mass is 244 g/mol. The predicted molar refractivity (Wildman–Crippen MR) is 53.3 cm³/mol. The summed E-state index contributed by atoms with van der Waals surface area (Å²) in [6.45, 7) is 3.54. The van der Waals surface area contributed by atoms with Crippen LogP contribution < -0.4 is 0 Å². The highest BCUT2D eigenvalue weighted by Gasteiger charge is 2.12. The van der Waals surface area contributed by atoms with E-state index < -0.39 is 30.5 Å². The zero-order chi connectivity index (χ0) is 13.3. The molecule has 0 bridgehead atoms. The Bertz CT molecular complexity index is 332. The Morgan fingerprint density at radius 3 is 2.18 bits per heavy atom. The van der Waals surface area contributed by atoms with Gasteiger partial charge in [-0.05, 0) is 0 Å². The maximum Gasteiger partial charge on any atom is 0.351 e. The van der Waals surface area contributed by atoms with Crippen LogP contribution in [0.1, 0.15) is 19.8 Å². The van der Waals surface area contributed by atoms with Crippen LogP contribution in [0.2, 0.25) is 0 Å². The molecule has 0 saturated heterocycles. The van der Waals surface area contributed by atoms with E-state index in [4.69, 9.17) is 0 Å². The zero-order valence-electron chi connectivity index (χ0n) is 9.26. The van der Waals surface area contributed by atoms with Crippen molar-refractivity contribution in [2.75, 3.05) is 6.61 Å². The van der Waals surface area contributed by atoms with Crippen molar-refractivity contribution in [2.24, 2.45) is 0 Å². The smallest absolute Gasteiger partial charge is 0.351 e. The SMILES string of the molecule is C=COC(=O)CCC(=O)OCC(=O)OC(C)=O. The molecule has 0 N–H and O–H groups in total. The van der Waals surface area contributed by atoms with E-state index in [1.54, 1.807) is 0 Å². The van der Waals surface area contributed by atoms with Crippen molar-refractivity contribution in [1.82, 2.24) is 0 Å². The molecule has 0 atom stereocenters. The second-order valence-corrected chi connectivity index (χ2v) is 2.78. The summed E-state index contributed by atoms with van der Waals surface area (Å²) < 4.78 is 12.9. The van der Waals surface area contributed by atoms with Gasteiger partial charge in [0, 0.05) is 6.92 Å². The Kier molecular flexibility index (Phi) is 7.00. The third-order valence-electron chi connectivity index (χ3n) is 1.36. The highest BCUT2D eigenvalue weighted by atomic mass is 16.6. The maximum absolute atomic E-state index is 11.0. The van der Waals surface area contributed by atoms with E-state index in [1.807, 2.05) is 0 Å². The first-order valence-corrected chi connectivity index (χ1v) is 4.63. The fourth-order valence-corrected chi connectivity index (χ4v) is 0.757. The third kappa shape index (κ3) is 8.79. The summed E-state index contributed by atoms with van der Waals surface area (Å²) in [5.74, 6) is -3.17. The van der Waals surface area contributed by atoms with Crippen molar-refractivity contribution in [3.8, 4) is 0 Å². The second-order valence-electron chi connectivity index (χ2n) is 2.78. The Hall–Kier alpha value is -2.18. The molecule has 7 nitrogen and oxygen atoms in total.